The van der Waals surface area contributed by atoms with Crippen molar-refractivity contribution in [3.63, 3.8) is 0 Å². The zero-order chi connectivity index (χ0) is 14.4. The lowest BCUT2D eigenvalue weighted by Crippen LogP contribution is -2.38. The summed E-state index contributed by atoms with van der Waals surface area (Å²) in [5.74, 6) is 0. The standard InChI is InChI=1S/C13H16N4O2S/c14-15-16-20(18,19)17(13-9-5-2-6-10-13)11-12-7-3-1-4-8-12/h1,3-5,7-9,13H,2,6,10-11H2. The normalized spacial score (nSPS) is 18.8. The minimum atomic E-state index is -3.98. The summed E-state index contributed by atoms with van der Waals surface area (Å²) in [6.45, 7) is 0.206. The third-order valence-electron chi connectivity index (χ3n) is 3.22. The average Bonchev–Trinajstić information content (AvgIpc) is 2.46. The molecule has 20 heavy (non-hydrogen) atoms. The first-order valence-corrected chi connectivity index (χ1v) is 7.82. The van der Waals surface area contributed by atoms with Crippen LogP contribution in [0.4, 0.5) is 0 Å². The molecule has 1 aliphatic carbocycles. The van der Waals surface area contributed by atoms with Crippen molar-refractivity contribution < 1.29 is 8.42 Å². The topological polar surface area (TPSA) is 86.1 Å². The Hall–Kier alpha value is -1.82. The first-order chi connectivity index (χ1) is 9.63. The van der Waals surface area contributed by atoms with E-state index in [2.05, 4.69) is 9.43 Å². The van der Waals surface area contributed by atoms with Crippen molar-refractivity contribution in [2.24, 2.45) is 4.52 Å². The van der Waals surface area contributed by atoms with E-state index in [-0.39, 0.29) is 12.6 Å². The zero-order valence-corrected chi connectivity index (χ0v) is 11.8. The van der Waals surface area contributed by atoms with Crippen LogP contribution in [0.1, 0.15) is 24.8 Å². The highest BCUT2D eigenvalue weighted by Crippen LogP contribution is 2.22. The van der Waals surface area contributed by atoms with Gasteiger partial charge in [0.15, 0.2) is 0 Å². The maximum Gasteiger partial charge on any atom is 0.303 e. The van der Waals surface area contributed by atoms with Gasteiger partial charge in [-0.05, 0) is 30.4 Å². The predicted octanol–water partition coefficient (Wildman–Crippen LogP) is 3.15. The zero-order valence-electron chi connectivity index (χ0n) is 11.0. The SMILES string of the molecule is [N-]=[N+]=NS(=O)(=O)N(Cc1ccccc1)C1C=CCCC1. The second kappa shape index (κ2) is 6.56. The fraction of sp³-hybridized carbons (Fsp3) is 0.385. The predicted molar refractivity (Wildman–Crippen MR) is 76.8 cm³/mol. The molecule has 1 aromatic carbocycles. The summed E-state index contributed by atoms with van der Waals surface area (Å²) in [7, 11) is -3.98. The number of hydrogen-bond donors (Lipinski definition) is 0. The Kier molecular flexibility index (Phi) is 4.79. The Morgan fingerprint density at radius 3 is 2.70 bits per heavy atom. The second-order valence-corrected chi connectivity index (χ2v) is 6.13. The molecule has 0 saturated carbocycles. The molecule has 7 heteroatoms. The maximum absolute atomic E-state index is 12.1. The van der Waals surface area contributed by atoms with E-state index in [1.807, 2.05) is 42.5 Å². The van der Waals surface area contributed by atoms with Crippen molar-refractivity contribution in [2.45, 2.75) is 31.8 Å². The molecule has 6 nitrogen and oxygen atoms in total. The van der Waals surface area contributed by atoms with E-state index in [4.69, 9.17) is 5.53 Å². The molecule has 0 aromatic heterocycles. The molecule has 0 N–H and O–H groups in total. The van der Waals surface area contributed by atoms with E-state index in [9.17, 15) is 8.42 Å². The summed E-state index contributed by atoms with van der Waals surface area (Å²) < 4.78 is 28.4. The quantitative estimate of drug-likeness (QED) is 0.361. The number of azide groups is 1. The fourth-order valence-electron chi connectivity index (χ4n) is 2.26. The molecular formula is C13H16N4O2S. The van der Waals surface area contributed by atoms with Gasteiger partial charge in [0.1, 0.15) is 0 Å². The van der Waals surface area contributed by atoms with Gasteiger partial charge in [-0.15, -0.1) is 0 Å². The molecule has 2 rings (SSSR count). The van der Waals surface area contributed by atoms with E-state index in [1.165, 1.54) is 4.31 Å². The Balaban J connectivity index is 2.31. The molecule has 0 radical (unpaired) electrons. The Morgan fingerprint density at radius 2 is 2.10 bits per heavy atom. The second-order valence-electron chi connectivity index (χ2n) is 4.61. The van der Waals surface area contributed by atoms with Crippen LogP contribution in [0, 0.1) is 0 Å². The third-order valence-corrected chi connectivity index (χ3v) is 4.49. The van der Waals surface area contributed by atoms with Crippen LogP contribution in [0.3, 0.4) is 0 Å². The van der Waals surface area contributed by atoms with Crippen molar-refractivity contribution in [2.75, 3.05) is 0 Å². The Labute approximate surface area is 118 Å². The van der Waals surface area contributed by atoms with E-state index < -0.39 is 10.2 Å². The first-order valence-electron chi connectivity index (χ1n) is 6.42. The molecule has 0 amide bonds. The minimum Gasteiger partial charge on any atom is -0.204 e. The summed E-state index contributed by atoms with van der Waals surface area (Å²) in [4.78, 5) is 2.44. The third kappa shape index (κ3) is 3.60. The van der Waals surface area contributed by atoms with Gasteiger partial charge in [-0.1, -0.05) is 42.5 Å². The number of allylic oxidation sites excluding steroid dienone is 1. The van der Waals surface area contributed by atoms with Gasteiger partial charge in [-0.25, -0.2) is 8.42 Å². The van der Waals surface area contributed by atoms with Gasteiger partial charge in [-0.2, -0.15) is 4.31 Å². The maximum atomic E-state index is 12.1. The van der Waals surface area contributed by atoms with Crippen LogP contribution in [0.2, 0.25) is 0 Å². The van der Waals surface area contributed by atoms with Crippen molar-refractivity contribution in [3.8, 4) is 0 Å². The lowest BCUT2D eigenvalue weighted by Gasteiger charge is -2.28. The summed E-state index contributed by atoms with van der Waals surface area (Å²) >= 11 is 0. The van der Waals surface area contributed by atoms with Crippen LogP contribution < -0.4 is 0 Å². The molecule has 106 valence electrons. The highest BCUT2D eigenvalue weighted by Gasteiger charge is 2.28. The summed E-state index contributed by atoms with van der Waals surface area (Å²) in [6.07, 6.45) is 6.47. The fourth-order valence-corrected chi connectivity index (χ4v) is 3.28. The summed E-state index contributed by atoms with van der Waals surface area (Å²) in [6, 6.07) is 9.03. The van der Waals surface area contributed by atoms with Crippen LogP contribution in [-0.2, 0) is 16.8 Å². The molecule has 1 aromatic rings. The Morgan fingerprint density at radius 1 is 1.35 bits per heavy atom. The highest BCUT2D eigenvalue weighted by molar-refractivity contribution is 7.87. The molecule has 0 bridgehead atoms. The average molecular weight is 292 g/mol. The minimum absolute atomic E-state index is 0.206. The molecule has 0 aliphatic heterocycles. The smallest absolute Gasteiger partial charge is 0.204 e. The molecule has 0 fully saturated rings. The van der Waals surface area contributed by atoms with Gasteiger partial charge >= 0.3 is 10.2 Å². The monoisotopic (exact) mass is 292 g/mol. The number of hydrogen-bond acceptors (Lipinski definition) is 2. The number of benzene rings is 1. The molecule has 1 atom stereocenters. The van der Waals surface area contributed by atoms with E-state index in [1.54, 1.807) is 0 Å². The van der Waals surface area contributed by atoms with Gasteiger partial charge in [0.25, 0.3) is 0 Å². The van der Waals surface area contributed by atoms with Crippen molar-refractivity contribution in [1.82, 2.24) is 4.31 Å². The highest BCUT2D eigenvalue weighted by atomic mass is 32.2. The van der Waals surface area contributed by atoms with Gasteiger partial charge in [0, 0.05) is 22.0 Å². The van der Waals surface area contributed by atoms with E-state index in [0.717, 1.165) is 24.8 Å². The van der Waals surface area contributed by atoms with Crippen molar-refractivity contribution in [3.05, 3.63) is 58.5 Å². The molecule has 0 saturated heterocycles. The van der Waals surface area contributed by atoms with Crippen LogP contribution in [0.5, 0.6) is 0 Å². The summed E-state index contributed by atoms with van der Waals surface area (Å²) in [5.41, 5.74) is 9.31. The van der Waals surface area contributed by atoms with Crippen molar-refractivity contribution >= 4 is 10.2 Å². The molecular weight excluding hydrogens is 276 g/mol. The van der Waals surface area contributed by atoms with E-state index in [0.29, 0.717) is 0 Å². The van der Waals surface area contributed by atoms with E-state index >= 15 is 0 Å². The van der Waals surface area contributed by atoms with Gasteiger partial charge < -0.3 is 0 Å². The lowest BCUT2D eigenvalue weighted by molar-refractivity contribution is 0.331. The van der Waals surface area contributed by atoms with Gasteiger partial charge in [-0.3, -0.25) is 0 Å². The lowest BCUT2D eigenvalue weighted by atomic mass is 10.0. The van der Waals surface area contributed by atoms with Crippen LogP contribution >= 0.6 is 0 Å². The number of nitrogens with zero attached hydrogens (tertiary/aromatic N) is 4. The summed E-state index contributed by atoms with van der Waals surface area (Å²) in [5, 5.41) is 0. The van der Waals surface area contributed by atoms with Crippen molar-refractivity contribution in [1.29, 1.82) is 0 Å². The van der Waals surface area contributed by atoms with Gasteiger partial charge in [0.05, 0.1) is 0 Å². The van der Waals surface area contributed by atoms with Gasteiger partial charge in [0.2, 0.25) is 0 Å². The molecule has 0 spiro atoms. The Bertz CT molecular complexity index is 621. The van der Waals surface area contributed by atoms with Crippen LogP contribution in [0.15, 0.2) is 47.0 Å². The largest absolute Gasteiger partial charge is 0.303 e. The van der Waals surface area contributed by atoms with Crippen LogP contribution in [0.25, 0.3) is 10.4 Å². The first kappa shape index (κ1) is 14.6. The van der Waals surface area contributed by atoms with Crippen LogP contribution in [-0.4, -0.2) is 18.8 Å². The molecule has 0 heterocycles. The number of rotatable bonds is 5. The molecule has 1 aliphatic rings. The molecule has 1 unspecified atom stereocenters.